The Hall–Kier alpha value is -1.38. The first-order valence-corrected chi connectivity index (χ1v) is 7.22. The fourth-order valence-corrected chi connectivity index (χ4v) is 2.62. The highest BCUT2D eigenvalue weighted by Gasteiger charge is 2.12. The molecular formula is C17H19ClFN. The Labute approximate surface area is 124 Å². The number of nitrogens with one attached hydrogen (secondary N) is 1. The molecule has 2 aromatic rings. The molecule has 1 atom stereocenters. The summed E-state index contributed by atoms with van der Waals surface area (Å²) >= 11 is 5.93. The van der Waals surface area contributed by atoms with Crippen molar-refractivity contribution in [2.24, 2.45) is 0 Å². The van der Waals surface area contributed by atoms with E-state index in [0.717, 1.165) is 13.0 Å². The van der Waals surface area contributed by atoms with Crippen molar-refractivity contribution in [1.82, 2.24) is 5.32 Å². The van der Waals surface area contributed by atoms with Gasteiger partial charge in [-0.3, -0.25) is 0 Å². The van der Waals surface area contributed by atoms with Crippen LogP contribution in [0.3, 0.4) is 0 Å². The van der Waals surface area contributed by atoms with Gasteiger partial charge in [-0.15, -0.1) is 0 Å². The average Bonchev–Trinajstić information content (AvgIpc) is 2.47. The van der Waals surface area contributed by atoms with Crippen LogP contribution in [0.1, 0.15) is 23.5 Å². The van der Waals surface area contributed by atoms with E-state index in [2.05, 4.69) is 17.4 Å². The van der Waals surface area contributed by atoms with Crippen LogP contribution in [-0.2, 0) is 6.42 Å². The van der Waals surface area contributed by atoms with Crippen LogP contribution >= 0.6 is 11.6 Å². The zero-order valence-corrected chi connectivity index (χ0v) is 12.3. The molecule has 3 heteroatoms. The lowest BCUT2D eigenvalue weighted by Gasteiger charge is -2.17. The van der Waals surface area contributed by atoms with Gasteiger partial charge in [0, 0.05) is 11.6 Å². The molecular weight excluding hydrogens is 273 g/mol. The predicted octanol–water partition coefficient (Wildman–Crippen LogP) is 4.41. The normalized spacial score (nSPS) is 12.3. The van der Waals surface area contributed by atoms with Crippen molar-refractivity contribution in [2.45, 2.75) is 18.8 Å². The number of halogens is 2. The summed E-state index contributed by atoms with van der Waals surface area (Å²) in [5.41, 5.74) is 1.97. The van der Waals surface area contributed by atoms with Crippen molar-refractivity contribution in [1.29, 1.82) is 0 Å². The van der Waals surface area contributed by atoms with E-state index in [0.29, 0.717) is 22.9 Å². The Morgan fingerprint density at radius 3 is 2.60 bits per heavy atom. The zero-order valence-electron chi connectivity index (χ0n) is 11.6. The van der Waals surface area contributed by atoms with E-state index >= 15 is 0 Å². The van der Waals surface area contributed by atoms with E-state index in [-0.39, 0.29) is 5.82 Å². The van der Waals surface area contributed by atoms with Gasteiger partial charge in [0.05, 0.1) is 0 Å². The fraction of sp³-hybridized carbons (Fsp3) is 0.294. The molecule has 1 nitrogen and oxygen atoms in total. The van der Waals surface area contributed by atoms with E-state index in [4.69, 9.17) is 11.6 Å². The lowest BCUT2D eigenvalue weighted by molar-refractivity contribution is 0.561. The molecule has 1 unspecified atom stereocenters. The van der Waals surface area contributed by atoms with Crippen molar-refractivity contribution < 1.29 is 4.39 Å². The van der Waals surface area contributed by atoms with Crippen molar-refractivity contribution in [3.8, 4) is 0 Å². The maximum atomic E-state index is 13.7. The van der Waals surface area contributed by atoms with Gasteiger partial charge in [0.2, 0.25) is 0 Å². The van der Waals surface area contributed by atoms with E-state index in [1.807, 2.05) is 25.2 Å². The molecule has 0 amide bonds. The standard InChI is InChI=1S/C17H19ClFN/c1-20-12-15(13-5-3-2-4-6-13)8-7-14-11-16(18)9-10-17(14)19/h2-6,9-11,15,20H,7-8,12H2,1H3. The van der Waals surface area contributed by atoms with E-state index < -0.39 is 0 Å². The molecule has 0 saturated heterocycles. The molecule has 0 spiro atoms. The molecule has 0 saturated carbocycles. The van der Waals surface area contributed by atoms with Crippen LogP contribution in [0.2, 0.25) is 5.02 Å². The second-order valence-electron chi connectivity index (χ2n) is 4.94. The van der Waals surface area contributed by atoms with Gasteiger partial charge in [0.25, 0.3) is 0 Å². The van der Waals surface area contributed by atoms with Crippen LogP contribution in [0.4, 0.5) is 4.39 Å². The number of benzene rings is 2. The van der Waals surface area contributed by atoms with Crippen molar-refractivity contribution >= 4 is 11.6 Å². The third kappa shape index (κ3) is 4.06. The molecule has 0 aliphatic carbocycles. The molecule has 20 heavy (non-hydrogen) atoms. The van der Waals surface area contributed by atoms with Gasteiger partial charge in [-0.25, -0.2) is 4.39 Å². The van der Waals surface area contributed by atoms with Gasteiger partial charge < -0.3 is 5.32 Å². The predicted molar refractivity (Wildman–Crippen MR) is 82.8 cm³/mol. The van der Waals surface area contributed by atoms with E-state index in [1.54, 1.807) is 12.1 Å². The molecule has 0 aliphatic heterocycles. The lowest BCUT2D eigenvalue weighted by Crippen LogP contribution is -2.18. The maximum Gasteiger partial charge on any atom is 0.126 e. The monoisotopic (exact) mass is 291 g/mol. The molecule has 1 N–H and O–H groups in total. The van der Waals surface area contributed by atoms with Crippen LogP contribution in [0, 0.1) is 5.82 Å². The Kier molecular flexibility index (Phi) is 5.57. The molecule has 0 bridgehead atoms. The Balaban J connectivity index is 2.07. The van der Waals surface area contributed by atoms with Crippen LogP contribution < -0.4 is 5.32 Å². The van der Waals surface area contributed by atoms with Crippen LogP contribution in [0.15, 0.2) is 48.5 Å². The van der Waals surface area contributed by atoms with Gasteiger partial charge in [-0.05, 0) is 55.1 Å². The summed E-state index contributed by atoms with van der Waals surface area (Å²) < 4.78 is 13.7. The van der Waals surface area contributed by atoms with E-state index in [9.17, 15) is 4.39 Å². The quantitative estimate of drug-likeness (QED) is 0.831. The summed E-state index contributed by atoms with van der Waals surface area (Å²) in [6.07, 6.45) is 1.58. The second kappa shape index (κ2) is 7.41. The third-order valence-corrected chi connectivity index (χ3v) is 3.73. The summed E-state index contributed by atoms with van der Waals surface area (Å²) in [5, 5.41) is 3.80. The first kappa shape index (κ1) is 15.0. The second-order valence-corrected chi connectivity index (χ2v) is 5.38. The largest absolute Gasteiger partial charge is 0.319 e. The summed E-state index contributed by atoms with van der Waals surface area (Å²) in [6, 6.07) is 15.1. The first-order chi connectivity index (χ1) is 9.70. The van der Waals surface area contributed by atoms with Gasteiger partial charge in [-0.2, -0.15) is 0 Å². The number of hydrogen-bond acceptors (Lipinski definition) is 1. The molecule has 2 aromatic carbocycles. The van der Waals surface area contributed by atoms with Gasteiger partial charge in [0.15, 0.2) is 0 Å². The molecule has 2 rings (SSSR count). The Morgan fingerprint density at radius 1 is 1.15 bits per heavy atom. The third-order valence-electron chi connectivity index (χ3n) is 3.49. The highest BCUT2D eigenvalue weighted by molar-refractivity contribution is 6.30. The Bertz CT molecular complexity index is 542. The highest BCUT2D eigenvalue weighted by atomic mass is 35.5. The van der Waals surface area contributed by atoms with Crippen LogP contribution in [0.25, 0.3) is 0 Å². The van der Waals surface area contributed by atoms with Crippen LogP contribution in [-0.4, -0.2) is 13.6 Å². The summed E-state index contributed by atoms with van der Waals surface area (Å²) in [7, 11) is 1.94. The SMILES string of the molecule is CNCC(CCc1cc(Cl)ccc1F)c1ccccc1. The van der Waals surface area contributed by atoms with Gasteiger partial charge in [0.1, 0.15) is 5.82 Å². The minimum Gasteiger partial charge on any atom is -0.319 e. The fourth-order valence-electron chi connectivity index (χ4n) is 2.42. The number of aryl methyl sites for hydroxylation is 1. The summed E-state index contributed by atoms with van der Waals surface area (Å²) in [6.45, 7) is 0.881. The lowest BCUT2D eigenvalue weighted by atomic mass is 9.92. The molecule has 0 fully saturated rings. The Morgan fingerprint density at radius 2 is 1.90 bits per heavy atom. The zero-order chi connectivity index (χ0) is 14.4. The molecule has 0 radical (unpaired) electrons. The minimum atomic E-state index is -0.175. The summed E-state index contributed by atoms with van der Waals surface area (Å²) in [4.78, 5) is 0. The average molecular weight is 292 g/mol. The molecule has 106 valence electrons. The molecule has 0 heterocycles. The van der Waals surface area contributed by atoms with Gasteiger partial charge >= 0.3 is 0 Å². The number of hydrogen-bond donors (Lipinski definition) is 1. The first-order valence-electron chi connectivity index (χ1n) is 6.84. The van der Waals surface area contributed by atoms with Crippen molar-refractivity contribution in [3.05, 3.63) is 70.5 Å². The maximum absolute atomic E-state index is 13.7. The van der Waals surface area contributed by atoms with Crippen molar-refractivity contribution in [2.75, 3.05) is 13.6 Å². The molecule has 0 aromatic heterocycles. The summed E-state index contributed by atoms with van der Waals surface area (Å²) in [5.74, 6) is 0.199. The van der Waals surface area contributed by atoms with E-state index in [1.165, 1.54) is 11.6 Å². The number of likely N-dealkylation sites (N-methyl/N-ethyl adjacent to an activating group) is 1. The minimum absolute atomic E-state index is 0.175. The van der Waals surface area contributed by atoms with Gasteiger partial charge in [-0.1, -0.05) is 41.9 Å². The smallest absolute Gasteiger partial charge is 0.126 e. The number of rotatable bonds is 6. The molecule has 0 aliphatic rings. The van der Waals surface area contributed by atoms with Crippen molar-refractivity contribution in [3.63, 3.8) is 0 Å². The topological polar surface area (TPSA) is 12.0 Å². The highest BCUT2D eigenvalue weighted by Crippen LogP contribution is 2.23. The van der Waals surface area contributed by atoms with Crippen LogP contribution in [0.5, 0.6) is 0 Å².